The fourth-order valence-corrected chi connectivity index (χ4v) is 3.23. The Morgan fingerprint density at radius 3 is 2.56 bits per heavy atom. The van der Waals surface area contributed by atoms with Crippen LogP contribution in [0.15, 0.2) is 36.5 Å². The van der Waals surface area contributed by atoms with Gasteiger partial charge in [-0.3, -0.25) is 0 Å². The van der Waals surface area contributed by atoms with E-state index in [9.17, 15) is 4.79 Å². The topological polar surface area (TPSA) is 59.7 Å². The molecule has 0 spiro atoms. The van der Waals surface area contributed by atoms with Gasteiger partial charge in [-0.2, -0.15) is 9.61 Å². The smallest absolute Gasteiger partial charge is 0.420 e. The number of aromatic nitrogens is 3. The van der Waals surface area contributed by atoms with Crippen molar-refractivity contribution in [3.05, 3.63) is 52.3 Å². The molecule has 1 aromatic carbocycles. The number of para-hydroxylation sites is 1. The first-order chi connectivity index (χ1) is 12.7. The van der Waals surface area contributed by atoms with Crippen molar-refractivity contribution in [1.29, 1.82) is 0 Å². The van der Waals surface area contributed by atoms with Gasteiger partial charge in [-0.05, 0) is 39.3 Å². The average molecular weight is 407 g/mol. The van der Waals surface area contributed by atoms with Gasteiger partial charge in [-0.25, -0.2) is 14.7 Å². The van der Waals surface area contributed by atoms with Crippen LogP contribution in [0.3, 0.4) is 0 Å². The molecule has 27 heavy (non-hydrogen) atoms. The number of nitrogens with zero attached hydrogens (tertiary/aromatic N) is 4. The third-order valence-electron chi connectivity index (χ3n) is 3.79. The van der Waals surface area contributed by atoms with Crippen molar-refractivity contribution >= 4 is 46.4 Å². The molecule has 0 N–H and O–H groups in total. The molecule has 0 fully saturated rings. The van der Waals surface area contributed by atoms with Crippen LogP contribution in [-0.2, 0) is 11.2 Å². The lowest BCUT2D eigenvalue weighted by molar-refractivity contribution is 0.0597. The normalized spacial score (nSPS) is 11.6. The Kier molecular flexibility index (Phi) is 5.31. The van der Waals surface area contributed by atoms with Crippen molar-refractivity contribution in [2.45, 2.75) is 39.7 Å². The summed E-state index contributed by atoms with van der Waals surface area (Å²) in [5.41, 5.74) is 0.969. The Hall–Kier alpha value is -2.31. The van der Waals surface area contributed by atoms with Crippen molar-refractivity contribution < 1.29 is 9.53 Å². The molecule has 142 valence electrons. The summed E-state index contributed by atoms with van der Waals surface area (Å²) in [7, 11) is 0. The summed E-state index contributed by atoms with van der Waals surface area (Å²) < 4.78 is 7.22. The highest BCUT2D eigenvalue weighted by Crippen LogP contribution is 2.37. The maximum Gasteiger partial charge on any atom is 0.420 e. The first-order valence-electron chi connectivity index (χ1n) is 8.52. The lowest BCUT2D eigenvalue weighted by Crippen LogP contribution is -2.35. The van der Waals surface area contributed by atoms with E-state index in [-0.39, 0.29) is 0 Å². The Bertz CT molecular complexity index is 995. The molecule has 2 aromatic heterocycles. The second kappa shape index (κ2) is 7.37. The van der Waals surface area contributed by atoms with Crippen LogP contribution in [0.5, 0.6) is 0 Å². The molecule has 1 amide bonds. The van der Waals surface area contributed by atoms with Crippen molar-refractivity contribution in [3.8, 4) is 0 Å². The minimum atomic E-state index is -0.691. The number of hydrogen-bond donors (Lipinski definition) is 0. The zero-order valence-corrected chi connectivity index (χ0v) is 17.0. The molecule has 0 bridgehead atoms. The molecule has 0 aliphatic heterocycles. The van der Waals surface area contributed by atoms with Crippen molar-refractivity contribution in [2.75, 3.05) is 4.90 Å². The highest BCUT2D eigenvalue weighted by atomic mass is 35.5. The van der Waals surface area contributed by atoms with E-state index in [1.807, 2.05) is 6.92 Å². The van der Waals surface area contributed by atoms with Gasteiger partial charge in [0, 0.05) is 11.6 Å². The second-order valence-corrected chi connectivity index (χ2v) is 7.69. The van der Waals surface area contributed by atoms with E-state index in [2.05, 4.69) is 10.1 Å². The summed E-state index contributed by atoms with van der Waals surface area (Å²) in [6.07, 6.45) is 1.56. The maximum absolute atomic E-state index is 13.2. The second-order valence-electron chi connectivity index (χ2n) is 6.93. The highest BCUT2D eigenvalue weighted by Gasteiger charge is 2.31. The number of hydrogen-bond acceptors (Lipinski definition) is 4. The fraction of sp³-hybridized carbons (Fsp3) is 0.316. The number of carbonyl (C=O) groups is 1. The van der Waals surface area contributed by atoms with E-state index >= 15 is 0 Å². The monoisotopic (exact) mass is 406 g/mol. The minimum Gasteiger partial charge on any atom is -0.443 e. The number of anilines is 2. The van der Waals surface area contributed by atoms with Gasteiger partial charge in [-0.1, -0.05) is 42.3 Å². The van der Waals surface area contributed by atoms with Gasteiger partial charge in [0.05, 0.1) is 16.9 Å². The number of carbonyl (C=O) groups excluding carboxylic acids is 1. The highest BCUT2D eigenvalue weighted by molar-refractivity contribution is 6.34. The summed E-state index contributed by atoms with van der Waals surface area (Å²) in [6, 6.07) is 8.77. The third kappa shape index (κ3) is 3.87. The van der Waals surface area contributed by atoms with Crippen LogP contribution in [0.1, 0.15) is 33.3 Å². The van der Waals surface area contributed by atoms with E-state index in [1.165, 1.54) is 4.90 Å². The van der Waals surface area contributed by atoms with E-state index < -0.39 is 11.7 Å². The molecule has 0 aliphatic carbocycles. The van der Waals surface area contributed by atoms with Crippen LogP contribution in [0, 0.1) is 0 Å². The number of fused-ring (bicyclic) bond motifs is 1. The average Bonchev–Trinajstić information content (AvgIpc) is 3.03. The number of amides is 1. The van der Waals surface area contributed by atoms with E-state index in [1.54, 1.807) is 61.8 Å². The van der Waals surface area contributed by atoms with E-state index in [0.717, 1.165) is 0 Å². The van der Waals surface area contributed by atoms with E-state index in [0.29, 0.717) is 39.3 Å². The molecule has 6 nitrogen and oxygen atoms in total. The molecule has 3 aromatic rings. The maximum atomic E-state index is 13.2. The first-order valence-corrected chi connectivity index (χ1v) is 9.28. The zero-order valence-electron chi connectivity index (χ0n) is 15.5. The Morgan fingerprint density at radius 1 is 1.22 bits per heavy atom. The van der Waals surface area contributed by atoms with Gasteiger partial charge < -0.3 is 4.74 Å². The molecule has 0 saturated heterocycles. The minimum absolute atomic E-state index is 0.307. The van der Waals surface area contributed by atoms with Crippen LogP contribution >= 0.6 is 23.2 Å². The molecule has 8 heteroatoms. The molecular weight excluding hydrogens is 387 g/mol. The molecule has 0 radical (unpaired) electrons. The molecule has 3 rings (SSSR count). The molecule has 0 unspecified atom stereocenters. The molecule has 0 saturated carbocycles. The Labute approximate surface area is 167 Å². The van der Waals surface area contributed by atoms with Gasteiger partial charge in [0.2, 0.25) is 0 Å². The lowest BCUT2D eigenvalue weighted by Gasteiger charge is -2.29. The molecular formula is C19H20Cl2N4O2. The summed E-state index contributed by atoms with van der Waals surface area (Å²) >= 11 is 12.8. The van der Waals surface area contributed by atoms with Crippen molar-refractivity contribution in [1.82, 2.24) is 14.6 Å². The fourth-order valence-electron chi connectivity index (χ4n) is 2.71. The summed E-state index contributed by atoms with van der Waals surface area (Å²) in [5.74, 6) is 0.458. The van der Waals surface area contributed by atoms with Crippen molar-refractivity contribution in [3.63, 3.8) is 0 Å². The number of ether oxygens (including phenoxy) is 1. The molecule has 2 heterocycles. The number of halogens is 2. The predicted molar refractivity (Wildman–Crippen MR) is 107 cm³/mol. The predicted octanol–water partition coefficient (Wildman–Crippen LogP) is 5.67. The van der Waals surface area contributed by atoms with Gasteiger partial charge in [-0.15, -0.1) is 0 Å². The van der Waals surface area contributed by atoms with Crippen LogP contribution in [0.25, 0.3) is 5.65 Å². The largest absolute Gasteiger partial charge is 0.443 e. The molecule has 0 atom stereocenters. The summed E-state index contributed by atoms with van der Waals surface area (Å²) in [4.78, 5) is 19.0. The standard InChI is InChI=1S/C19H20Cl2N4O2/c1-5-12-16(21)23-15-10-11-22-25(15)17(12)24(18(26)27-19(2,3)4)14-9-7-6-8-13(14)20/h6-11H,5H2,1-4H3. The lowest BCUT2D eigenvalue weighted by atomic mass is 10.2. The summed E-state index contributed by atoms with van der Waals surface area (Å²) in [5, 5.41) is 5.03. The Balaban J connectivity index is 2.32. The van der Waals surface area contributed by atoms with Gasteiger partial charge in [0.1, 0.15) is 10.8 Å². The van der Waals surface area contributed by atoms with Crippen LogP contribution in [0.4, 0.5) is 16.3 Å². The third-order valence-corrected chi connectivity index (χ3v) is 4.42. The van der Waals surface area contributed by atoms with Gasteiger partial charge >= 0.3 is 6.09 Å². The number of rotatable bonds is 3. The van der Waals surface area contributed by atoms with Crippen LogP contribution < -0.4 is 4.90 Å². The zero-order chi connectivity index (χ0) is 19.8. The van der Waals surface area contributed by atoms with Crippen LogP contribution in [-0.4, -0.2) is 26.3 Å². The Morgan fingerprint density at radius 2 is 1.93 bits per heavy atom. The van der Waals surface area contributed by atoms with Gasteiger partial charge in [0.15, 0.2) is 11.5 Å². The summed E-state index contributed by atoms with van der Waals surface area (Å²) in [6.45, 7) is 7.35. The number of benzene rings is 1. The van der Waals surface area contributed by atoms with Gasteiger partial charge in [0.25, 0.3) is 0 Å². The van der Waals surface area contributed by atoms with Crippen LogP contribution in [0.2, 0.25) is 10.2 Å². The van der Waals surface area contributed by atoms with Crippen molar-refractivity contribution in [2.24, 2.45) is 0 Å². The molecule has 0 aliphatic rings. The van der Waals surface area contributed by atoms with E-state index in [4.69, 9.17) is 27.9 Å². The quantitative estimate of drug-likeness (QED) is 0.525. The SMILES string of the molecule is CCc1c(Cl)nc2ccnn2c1N(C(=O)OC(C)(C)C)c1ccccc1Cl. The first kappa shape index (κ1) is 19.5.